The highest BCUT2D eigenvalue weighted by molar-refractivity contribution is 7.19. The van der Waals surface area contributed by atoms with E-state index in [4.69, 9.17) is 9.47 Å². The number of methoxy groups -OCH3 is 2. The first-order valence-electron chi connectivity index (χ1n) is 8.33. The largest absolute Gasteiger partial charge is 0.381 e. The smallest absolute Gasteiger partial charge is 0.369 e. The molecule has 0 spiro atoms. The van der Waals surface area contributed by atoms with Gasteiger partial charge in [-0.3, -0.25) is 10.1 Å². The minimum Gasteiger partial charge on any atom is -0.381 e. The van der Waals surface area contributed by atoms with Gasteiger partial charge in [0.15, 0.2) is 5.13 Å². The van der Waals surface area contributed by atoms with Gasteiger partial charge in [-0.25, -0.2) is 0 Å². The summed E-state index contributed by atoms with van der Waals surface area (Å²) in [5, 5.41) is 18.6. The molecule has 8 nitrogen and oxygen atoms in total. The summed E-state index contributed by atoms with van der Waals surface area (Å²) in [5.41, 5.74) is 0. The van der Waals surface area contributed by atoms with Crippen LogP contribution in [0.15, 0.2) is 0 Å². The van der Waals surface area contributed by atoms with Crippen LogP contribution < -0.4 is 10.6 Å². The van der Waals surface area contributed by atoms with Gasteiger partial charge in [0, 0.05) is 26.3 Å². The molecule has 2 N–H and O–H groups in total. The maximum atomic E-state index is 11.3. The van der Waals surface area contributed by atoms with Gasteiger partial charge in [0.2, 0.25) is 5.82 Å². The molecule has 0 saturated heterocycles. The third-order valence-electron chi connectivity index (χ3n) is 4.88. The van der Waals surface area contributed by atoms with Gasteiger partial charge >= 0.3 is 5.00 Å². The second-order valence-corrected chi connectivity index (χ2v) is 7.43. The molecule has 2 saturated carbocycles. The van der Waals surface area contributed by atoms with Crippen molar-refractivity contribution in [1.82, 2.24) is 4.98 Å². The van der Waals surface area contributed by atoms with E-state index in [-0.39, 0.29) is 34.2 Å². The average Bonchev–Trinajstić information content (AvgIpc) is 3.28. The number of hydrogen-bond acceptors (Lipinski definition) is 8. The summed E-state index contributed by atoms with van der Waals surface area (Å²) in [6.45, 7) is 0. The molecule has 0 aliphatic heterocycles. The lowest BCUT2D eigenvalue weighted by atomic mass is 10.2. The van der Waals surface area contributed by atoms with Crippen LogP contribution in [-0.4, -0.2) is 48.4 Å². The van der Waals surface area contributed by atoms with Crippen molar-refractivity contribution in [3.8, 4) is 0 Å². The van der Waals surface area contributed by atoms with Gasteiger partial charge in [0.25, 0.3) is 0 Å². The Morgan fingerprint density at radius 3 is 2.17 bits per heavy atom. The van der Waals surface area contributed by atoms with Crippen molar-refractivity contribution in [3.05, 3.63) is 10.1 Å². The SMILES string of the molecule is COC1CCC(Nc2nc(NC3CCC(OC)C3)c([N+](=O)[O-])s2)C1. The first-order valence-corrected chi connectivity index (χ1v) is 9.14. The van der Waals surface area contributed by atoms with Crippen LogP contribution in [0.5, 0.6) is 0 Å². The van der Waals surface area contributed by atoms with Crippen LogP contribution in [0.3, 0.4) is 0 Å². The summed E-state index contributed by atoms with van der Waals surface area (Å²) in [6.07, 6.45) is 6.16. The van der Waals surface area contributed by atoms with E-state index in [1.807, 2.05) is 0 Å². The van der Waals surface area contributed by atoms with Crippen LogP contribution >= 0.6 is 11.3 Å². The molecule has 0 amide bonds. The van der Waals surface area contributed by atoms with Crippen molar-refractivity contribution >= 4 is 27.3 Å². The van der Waals surface area contributed by atoms with Crippen LogP contribution in [0.1, 0.15) is 38.5 Å². The fourth-order valence-electron chi connectivity index (χ4n) is 3.53. The van der Waals surface area contributed by atoms with Gasteiger partial charge in [-0.1, -0.05) is 0 Å². The number of rotatable bonds is 7. The normalized spacial score (nSPS) is 29.8. The Morgan fingerprint density at radius 1 is 1.08 bits per heavy atom. The van der Waals surface area contributed by atoms with Crippen LogP contribution in [0.4, 0.5) is 16.0 Å². The summed E-state index contributed by atoms with van der Waals surface area (Å²) in [7, 11) is 3.42. The Kier molecular flexibility index (Phi) is 5.52. The highest BCUT2D eigenvalue weighted by Crippen LogP contribution is 2.38. The maximum absolute atomic E-state index is 11.3. The lowest BCUT2D eigenvalue weighted by Gasteiger charge is -2.12. The van der Waals surface area contributed by atoms with E-state index in [9.17, 15) is 10.1 Å². The van der Waals surface area contributed by atoms with E-state index in [2.05, 4.69) is 15.6 Å². The molecule has 0 aromatic carbocycles. The van der Waals surface area contributed by atoms with Crippen LogP contribution in [0, 0.1) is 10.1 Å². The summed E-state index contributed by atoms with van der Waals surface area (Å²) < 4.78 is 10.7. The molecule has 4 atom stereocenters. The van der Waals surface area contributed by atoms with Crippen molar-refractivity contribution in [1.29, 1.82) is 0 Å². The number of anilines is 2. The Hall–Kier alpha value is -1.45. The molecule has 24 heavy (non-hydrogen) atoms. The number of thiazole rings is 1. The number of hydrogen-bond donors (Lipinski definition) is 2. The van der Waals surface area contributed by atoms with Crippen LogP contribution in [0.25, 0.3) is 0 Å². The minimum absolute atomic E-state index is 0.0691. The number of nitro groups is 1. The van der Waals surface area contributed by atoms with Gasteiger partial charge in [0.1, 0.15) is 0 Å². The summed E-state index contributed by atoms with van der Waals surface area (Å²) in [6, 6.07) is 0.436. The fourth-order valence-corrected chi connectivity index (χ4v) is 4.35. The van der Waals surface area contributed by atoms with E-state index in [0.717, 1.165) is 49.9 Å². The Morgan fingerprint density at radius 2 is 1.67 bits per heavy atom. The molecule has 1 aromatic rings. The van der Waals surface area contributed by atoms with Crippen LogP contribution in [-0.2, 0) is 9.47 Å². The maximum Gasteiger partial charge on any atom is 0.369 e. The number of nitrogens with zero attached hydrogens (tertiary/aromatic N) is 2. The van der Waals surface area contributed by atoms with Crippen molar-refractivity contribution in [2.45, 2.75) is 62.8 Å². The van der Waals surface area contributed by atoms with E-state index < -0.39 is 0 Å². The fraction of sp³-hybridized carbons (Fsp3) is 0.800. The molecule has 134 valence electrons. The molecular formula is C15H24N4O4S. The molecule has 2 aliphatic carbocycles. The second kappa shape index (κ2) is 7.62. The van der Waals surface area contributed by atoms with Gasteiger partial charge in [-0.15, -0.1) is 0 Å². The number of ether oxygens (including phenoxy) is 2. The van der Waals surface area contributed by atoms with Gasteiger partial charge in [0.05, 0.1) is 17.1 Å². The zero-order chi connectivity index (χ0) is 17.1. The summed E-state index contributed by atoms with van der Waals surface area (Å²) in [4.78, 5) is 15.4. The zero-order valence-electron chi connectivity index (χ0n) is 14.0. The minimum atomic E-state index is -0.361. The Labute approximate surface area is 145 Å². The molecule has 3 rings (SSSR count). The first kappa shape index (κ1) is 17.4. The van der Waals surface area contributed by atoms with E-state index in [1.165, 1.54) is 0 Å². The Bertz CT molecular complexity index is 582. The molecule has 2 fully saturated rings. The molecule has 4 unspecified atom stereocenters. The number of nitrogens with one attached hydrogen (secondary N) is 2. The van der Waals surface area contributed by atoms with Crippen molar-refractivity contribution < 1.29 is 14.4 Å². The molecular weight excluding hydrogens is 332 g/mol. The lowest BCUT2D eigenvalue weighted by Crippen LogP contribution is -2.19. The predicted molar refractivity (Wildman–Crippen MR) is 92.9 cm³/mol. The van der Waals surface area contributed by atoms with Gasteiger partial charge in [-0.05, 0) is 49.9 Å². The molecule has 1 aromatic heterocycles. The first-order chi connectivity index (χ1) is 11.6. The highest BCUT2D eigenvalue weighted by Gasteiger charge is 2.30. The molecule has 1 heterocycles. The third-order valence-corrected chi connectivity index (χ3v) is 5.82. The van der Waals surface area contributed by atoms with E-state index in [1.54, 1.807) is 14.2 Å². The number of aromatic nitrogens is 1. The summed E-state index contributed by atoms with van der Waals surface area (Å²) >= 11 is 1.10. The zero-order valence-corrected chi connectivity index (χ0v) is 14.8. The standard InChI is InChI=1S/C15H24N4O4S/c1-22-11-5-3-9(7-11)16-13-14(19(20)21)24-15(18-13)17-10-4-6-12(8-10)23-2/h9-12,16H,3-8H2,1-2H3,(H,17,18). The summed E-state index contributed by atoms with van der Waals surface area (Å²) in [5.74, 6) is 0.371. The quantitative estimate of drug-likeness (QED) is 0.572. The van der Waals surface area contributed by atoms with Gasteiger partial charge < -0.3 is 20.1 Å². The van der Waals surface area contributed by atoms with Gasteiger partial charge in [-0.2, -0.15) is 4.98 Å². The Balaban J connectivity index is 1.65. The molecule has 0 radical (unpaired) electrons. The average molecular weight is 356 g/mol. The second-order valence-electron chi connectivity index (χ2n) is 6.45. The van der Waals surface area contributed by atoms with E-state index in [0.29, 0.717) is 10.9 Å². The molecule has 0 bridgehead atoms. The topological polar surface area (TPSA) is 98.5 Å². The third kappa shape index (κ3) is 3.96. The molecule has 2 aliphatic rings. The van der Waals surface area contributed by atoms with Crippen molar-refractivity contribution in [2.75, 3.05) is 24.9 Å². The van der Waals surface area contributed by atoms with E-state index >= 15 is 0 Å². The monoisotopic (exact) mass is 356 g/mol. The lowest BCUT2D eigenvalue weighted by molar-refractivity contribution is -0.379. The van der Waals surface area contributed by atoms with Crippen molar-refractivity contribution in [3.63, 3.8) is 0 Å². The van der Waals surface area contributed by atoms with Crippen LogP contribution in [0.2, 0.25) is 0 Å². The molecule has 9 heteroatoms. The highest BCUT2D eigenvalue weighted by atomic mass is 32.1. The van der Waals surface area contributed by atoms with Crippen molar-refractivity contribution in [2.24, 2.45) is 0 Å². The predicted octanol–water partition coefficient (Wildman–Crippen LogP) is 3.01.